The van der Waals surface area contributed by atoms with E-state index in [4.69, 9.17) is 4.84 Å². The molecule has 0 amide bonds. The van der Waals surface area contributed by atoms with Crippen molar-refractivity contribution in [2.24, 2.45) is 5.16 Å². The Labute approximate surface area is 189 Å². The molecular formula is C22H23F3N4O3S. The zero-order valence-electron chi connectivity index (χ0n) is 17.9. The summed E-state index contributed by atoms with van der Waals surface area (Å²) in [5.41, 5.74) is 1.24. The Morgan fingerprint density at radius 2 is 1.97 bits per heavy atom. The van der Waals surface area contributed by atoms with Crippen molar-refractivity contribution in [2.45, 2.75) is 49.8 Å². The van der Waals surface area contributed by atoms with Crippen LogP contribution < -0.4 is 4.72 Å². The van der Waals surface area contributed by atoms with Crippen LogP contribution in [0.15, 0.2) is 35.6 Å². The van der Waals surface area contributed by atoms with Crippen LogP contribution in [-0.2, 0) is 14.9 Å². The van der Waals surface area contributed by atoms with Crippen molar-refractivity contribution < 1.29 is 26.4 Å². The Bertz CT molecular complexity index is 1210. The Kier molecular flexibility index (Phi) is 5.36. The molecule has 3 aliphatic rings. The second-order valence-electron chi connectivity index (χ2n) is 8.78. The maximum Gasteiger partial charge on any atom is 0.247 e. The molecule has 0 radical (unpaired) electrons. The molecule has 11 heteroatoms. The second kappa shape index (κ2) is 7.98. The summed E-state index contributed by atoms with van der Waals surface area (Å²) in [5.74, 6) is -0.803. The van der Waals surface area contributed by atoms with E-state index in [0.29, 0.717) is 43.0 Å². The average Bonchev–Trinajstić information content (AvgIpc) is 3.14. The van der Waals surface area contributed by atoms with Crippen LogP contribution in [0, 0.1) is 18.6 Å². The molecule has 2 fully saturated rings. The molecule has 3 heterocycles. The molecule has 2 aromatic rings. The van der Waals surface area contributed by atoms with Crippen molar-refractivity contribution in [3.8, 4) is 11.1 Å². The summed E-state index contributed by atoms with van der Waals surface area (Å²) in [6.07, 6.45) is 1.82. The number of nitrogens with one attached hydrogen (secondary N) is 1. The number of aromatic nitrogens is 1. The molecule has 5 rings (SSSR count). The molecule has 0 unspecified atom stereocenters. The summed E-state index contributed by atoms with van der Waals surface area (Å²) in [6.45, 7) is 2.64. The molecule has 0 bridgehead atoms. The van der Waals surface area contributed by atoms with Gasteiger partial charge in [0.2, 0.25) is 15.0 Å². The molecule has 2 aliphatic heterocycles. The third-order valence-electron chi connectivity index (χ3n) is 6.25. The number of alkyl halides is 1. The highest BCUT2D eigenvalue weighted by atomic mass is 32.2. The van der Waals surface area contributed by atoms with E-state index in [1.54, 1.807) is 19.2 Å². The van der Waals surface area contributed by atoms with E-state index in [1.807, 2.05) is 4.90 Å². The number of likely N-dealkylation sites (tertiary alicyclic amines) is 1. The summed E-state index contributed by atoms with van der Waals surface area (Å²) in [5, 5.41) is 1.99. The lowest BCUT2D eigenvalue weighted by Crippen LogP contribution is -2.42. The number of halogens is 3. The smallest absolute Gasteiger partial charge is 0.247 e. The normalized spacial score (nSPS) is 24.0. The number of pyridine rings is 1. The lowest BCUT2D eigenvalue weighted by Gasteiger charge is -2.19. The Hall–Kier alpha value is -2.66. The zero-order chi connectivity index (χ0) is 23.4. The van der Waals surface area contributed by atoms with Gasteiger partial charge in [-0.05, 0) is 37.1 Å². The first-order chi connectivity index (χ1) is 15.7. The van der Waals surface area contributed by atoms with Crippen LogP contribution in [0.4, 0.5) is 13.2 Å². The molecule has 1 saturated heterocycles. The predicted octanol–water partition coefficient (Wildman–Crippen LogP) is 3.56. The molecule has 176 valence electrons. The molecule has 1 aromatic carbocycles. The van der Waals surface area contributed by atoms with Gasteiger partial charge in [0, 0.05) is 43.7 Å². The van der Waals surface area contributed by atoms with Gasteiger partial charge in [0.15, 0.2) is 6.10 Å². The van der Waals surface area contributed by atoms with E-state index in [9.17, 15) is 21.6 Å². The summed E-state index contributed by atoms with van der Waals surface area (Å²) in [7, 11) is -4.01. The number of hydrogen-bond acceptors (Lipinski definition) is 6. The Morgan fingerprint density at radius 1 is 1.24 bits per heavy atom. The highest BCUT2D eigenvalue weighted by Crippen LogP contribution is 2.44. The minimum Gasteiger partial charge on any atom is -0.384 e. The molecular weight excluding hydrogens is 457 g/mol. The number of rotatable bonds is 5. The molecule has 1 aromatic heterocycles. The third kappa shape index (κ3) is 4.08. The van der Waals surface area contributed by atoms with Gasteiger partial charge in [-0.2, -0.15) is 0 Å². The van der Waals surface area contributed by atoms with Crippen LogP contribution in [0.5, 0.6) is 0 Å². The number of benzene rings is 1. The van der Waals surface area contributed by atoms with E-state index < -0.39 is 38.8 Å². The van der Waals surface area contributed by atoms with E-state index in [-0.39, 0.29) is 18.4 Å². The highest BCUT2D eigenvalue weighted by molar-refractivity contribution is 7.91. The number of amidine groups is 1. The first kappa shape index (κ1) is 22.1. The topological polar surface area (TPSA) is 83.9 Å². The lowest BCUT2D eigenvalue weighted by molar-refractivity contribution is 0.0828. The standard InChI is InChI=1S/C22H23F3N4O3S/c1-13-9-15(20-16(23)3-2-4-17(20)24)21(26-11-13)18-10-19(27-32-18)29-8-5-14(12-29)28-33(30,31)22(25)6-7-22/h2-4,9,11,14,18,28H,5-8,10,12H2,1H3/t14-,18-/m0/s1. The molecule has 0 spiro atoms. The Morgan fingerprint density at radius 3 is 2.67 bits per heavy atom. The van der Waals surface area contributed by atoms with Crippen LogP contribution in [-0.4, -0.2) is 48.3 Å². The minimum atomic E-state index is -4.01. The van der Waals surface area contributed by atoms with Crippen molar-refractivity contribution in [1.82, 2.24) is 14.6 Å². The van der Waals surface area contributed by atoms with Crippen LogP contribution in [0.1, 0.15) is 43.0 Å². The molecule has 33 heavy (non-hydrogen) atoms. The fraction of sp³-hybridized carbons (Fsp3) is 0.455. The van der Waals surface area contributed by atoms with E-state index in [2.05, 4.69) is 14.9 Å². The number of oxime groups is 1. The summed E-state index contributed by atoms with van der Waals surface area (Å²) >= 11 is 0. The minimum absolute atomic E-state index is 0.0233. The summed E-state index contributed by atoms with van der Waals surface area (Å²) in [6, 6.07) is 4.92. The van der Waals surface area contributed by atoms with Crippen molar-refractivity contribution in [3.63, 3.8) is 0 Å². The molecule has 1 saturated carbocycles. The maximum absolute atomic E-state index is 14.5. The molecule has 7 nitrogen and oxygen atoms in total. The first-order valence-corrected chi connectivity index (χ1v) is 12.2. The number of aryl methyl sites for hydroxylation is 1. The zero-order valence-corrected chi connectivity index (χ0v) is 18.7. The fourth-order valence-corrected chi connectivity index (χ4v) is 5.75. The van der Waals surface area contributed by atoms with Crippen molar-refractivity contribution in [1.29, 1.82) is 0 Å². The monoisotopic (exact) mass is 480 g/mol. The largest absolute Gasteiger partial charge is 0.384 e. The second-order valence-corrected chi connectivity index (χ2v) is 10.8. The highest BCUT2D eigenvalue weighted by Gasteiger charge is 2.56. The van der Waals surface area contributed by atoms with Gasteiger partial charge >= 0.3 is 0 Å². The van der Waals surface area contributed by atoms with Crippen molar-refractivity contribution >= 4 is 15.9 Å². The van der Waals surface area contributed by atoms with E-state index in [1.165, 1.54) is 18.2 Å². The van der Waals surface area contributed by atoms with Gasteiger partial charge < -0.3 is 9.74 Å². The van der Waals surface area contributed by atoms with E-state index >= 15 is 0 Å². The fourth-order valence-electron chi connectivity index (χ4n) is 4.27. The van der Waals surface area contributed by atoms with Gasteiger partial charge in [0.1, 0.15) is 17.5 Å². The van der Waals surface area contributed by atoms with Gasteiger partial charge in [0.05, 0.1) is 17.7 Å². The van der Waals surface area contributed by atoms with Gasteiger partial charge in [-0.15, -0.1) is 0 Å². The van der Waals surface area contributed by atoms with Crippen LogP contribution in [0.2, 0.25) is 0 Å². The first-order valence-electron chi connectivity index (χ1n) is 10.8. The van der Waals surface area contributed by atoms with Gasteiger partial charge in [0.25, 0.3) is 0 Å². The van der Waals surface area contributed by atoms with E-state index in [0.717, 1.165) is 5.56 Å². The van der Waals surface area contributed by atoms with Crippen molar-refractivity contribution in [2.75, 3.05) is 13.1 Å². The van der Waals surface area contributed by atoms with Crippen LogP contribution >= 0.6 is 0 Å². The van der Waals surface area contributed by atoms with Gasteiger partial charge in [-0.3, -0.25) is 4.98 Å². The third-order valence-corrected chi connectivity index (χ3v) is 8.26. The average molecular weight is 481 g/mol. The van der Waals surface area contributed by atoms with Gasteiger partial charge in [-0.25, -0.2) is 26.3 Å². The van der Waals surface area contributed by atoms with Crippen LogP contribution in [0.3, 0.4) is 0 Å². The predicted molar refractivity (Wildman–Crippen MR) is 115 cm³/mol. The molecule has 1 N–H and O–H groups in total. The lowest BCUT2D eigenvalue weighted by atomic mass is 9.97. The number of sulfonamides is 1. The summed E-state index contributed by atoms with van der Waals surface area (Å²) < 4.78 is 69.8. The SMILES string of the molecule is Cc1cnc([C@@H]2CC(N3CC[C@H](NS(=O)(=O)C4(F)CC4)C3)=NO2)c(-c2c(F)cccc2F)c1. The number of hydrogen-bond donors (Lipinski definition) is 1. The van der Waals surface area contributed by atoms with Gasteiger partial charge in [-0.1, -0.05) is 11.2 Å². The van der Waals surface area contributed by atoms with Crippen molar-refractivity contribution in [3.05, 3.63) is 53.4 Å². The molecule has 2 atom stereocenters. The maximum atomic E-state index is 14.5. The summed E-state index contributed by atoms with van der Waals surface area (Å²) in [4.78, 5) is 11.9. The van der Waals surface area contributed by atoms with Crippen LogP contribution in [0.25, 0.3) is 11.1 Å². The molecule has 1 aliphatic carbocycles. The number of nitrogens with zero attached hydrogens (tertiary/aromatic N) is 3. The Balaban J connectivity index is 1.31. The quantitative estimate of drug-likeness (QED) is 0.708.